The summed E-state index contributed by atoms with van der Waals surface area (Å²) in [7, 11) is 0. The van der Waals surface area contributed by atoms with Gasteiger partial charge in [0.15, 0.2) is 0 Å². The Balaban J connectivity index is 1.85. The van der Waals surface area contributed by atoms with Crippen molar-refractivity contribution in [2.75, 3.05) is 39.4 Å². The summed E-state index contributed by atoms with van der Waals surface area (Å²) in [5.74, 6) is 0. The van der Waals surface area contributed by atoms with Crippen LogP contribution in [-0.4, -0.2) is 60.9 Å². The molecule has 2 aliphatic heterocycles. The lowest BCUT2D eigenvalue weighted by atomic mass is 9.91. The highest BCUT2D eigenvalue weighted by Crippen LogP contribution is 2.32. The summed E-state index contributed by atoms with van der Waals surface area (Å²) in [5.41, 5.74) is 3.41. The van der Waals surface area contributed by atoms with Gasteiger partial charge in [0, 0.05) is 26.2 Å². The number of carbonyl (C=O) groups is 1. The fourth-order valence-corrected chi connectivity index (χ4v) is 3.61. The average molecular weight is 346 g/mol. The Bertz CT molecular complexity index is 618. The van der Waals surface area contributed by atoms with E-state index in [1.807, 2.05) is 25.7 Å². The minimum atomic E-state index is -0.478. The molecule has 5 heteroatoms. The second-order valence-electron chi connectivity index (χ2n) is 8.05. The molecule has 138 valence electrons. The van der Waals surface area contributed by atoms with Crippen LogP contribution in [0.2, 0.25) is 0 Å². The summed E-state index contributed by atoms with van der Waals surface area (Å²) in [6, 6.07) is 6.63. The van der Waals surface area contributed by atoms with Crippen molar-refractivity contribution in [2.24, 2.45) is 0 Å². The molecule has 2 aliphatic rings. The van der Waals surface area contributed by atoms with Crippen LogP contribution in [0.3, 0.4) is 0 Å². The van der Waals surface area contributed by atoms with E-state index in [1.54, 1.807) is 0 Å². The van der Waals surface area contributed by atoms with Crippen molar-refractivity contribution in [1.82, 2.24) is 9.80 Å². The molecule has 1 aromatic carbocycles. The van der Waals surface area contributed by atoms with E-state index >= 15 is 0 Å². The summed E-state index contributed by atoms with van der Waals surface area (Å²) in [6.07, 6.45) is 0.674. The van der Waals surface area contributed by atoms with Gasteiger partial charge in [-0.05, 0) is 45.2 Å². The standard InChI is InChI=1S/C20H30N2O3/c1-15-5-6-17-16(13-15)7-8-22(19(23)25-20(2,3)4)18(17)14-21-9-11-24-12-10-21/h5-6,13,18H,7-12,14H2,1-4H3. The van der Waals surface area contributed by atoms with Crippen LogP contribution in [0, 0.1) is 6.92 Å². The molecule has 1 fully saturated rings. The van der Waals surface area contributed by atoms with Gasteiger partial charge in [0.2, 0.25) is 0 Å². The zero-order valence-electron chi connectivity index (χ0n) is 15.9. The van der Waals surface area contributed by atoms with E-state index in [-0.39, 0.29) is 12.1 Å². The third-order valence-corrected chi connectivity index (χ3v) is 4.82. The lowest BCUT2D eigenvalue weighted by Crippen LogP contribution is -2.48. The minimum Gasteiger partial charge on any atom is -0.444 e. The van der Waals surface area contributed by atoms with Crippen LogP contribution in [0.15, 0.2) is 18.2 Å². The highest BCUT2D eigenvalue weighted by Gasteiger charge is 2.34. The maximum atomic E-state index is 12.8. The molecule has 0 N–H and O–H groups in total. The quantitative estimate of drug-likeness (QED) is 0.825. The molecule has 2 heterocycles. The molecule has 3 rings (SSSR count). The van der Waals surface area contributed by atoms with Crippen LogP contribution in [-0.2, 0) is 15.9 Å². The molecule has 0 aromatic heterocycles. The second kappa shape index (κ2) is 7.34. The smallest absolute Gasteiger partial charge is 0.410 e. The van der Waals surface area contributed by atoms with Crippen molar-refractivity contribution in [3.05, 3.63) is 34.9 Å². The highest BCUT2D eigenvalue weighted by atomic mass is 16.6. The first-order valence-corrected chi connectivity index (χ1v) is 9.22. The van der Waals surface area contributed by atoms with Crippen LogP contribution in [0.5, 0.6) is 0 Å². The molecule has 1 aromatic rings. The number of aryl methyl sites for hydroxylation is 1. The number of hydrogen-bond acceptors (Lipinski definition) is 4. The molecule has 0 spiro atoms. The van der Waals surface area contributed by atoms with Gasteiger partial charge in [-0.2, -0.15) is 0 Å². The summed E-state index contributed by atoms with van der Waals surface area (Å²) >= 11 is 0. The average Bonchev–Trinajstić information content (AvgIpc) is 2.54. The van der Waals surface area contributed by atoms with E-state index in [4.69, 9.17) is 9.47 Å². The molecule has 0 radical (unpaired) electrons. The topological polar surface area (TPSA) is 42.0 Å². The van der Waals surface area contributed by atoms with Crippen LogP contribution in [0.25, 0.3) is 0 Å². The molecule has 1 saturated heterocycles. The van der Waals surface area contributed by atoms with Gasteiger partial charge < -0.3 is 9.47 Å². The Labute approximate surface area is 150 Å². The number of morpholine rings is 1. The number of rotatable bonds is 2. The van der Waals surface area contributed by atoms with Crippen LogP contribution < -0.4 is 0 Å². The van der Waals surface area contributed by atoms with Crippen LogP contribution in [0.4, 0.5) is 4.79 Å². The Morgan fingerprint density at radius 3 is 2.64 bits per heavy atom. The summed E-state index contributed by atoms with van der Waals surface area (Å²) < 4.78 is 11.1. The van der Waals surface area contributed by atoms with Crippen molar-refractivity contribution in [1.29, 1.82) is 0 Å². The molecule has 1 amide bonds. The molecular weight excluding hydrogens is 316 g/mol. The van der Waals surface area contributed by atoms with Gasteiger partial charge in [-0.1, -0.05) is 23.8 Å². The Kier molecular flexibility index (Phi) is 5.35. The molecule has 0 saturated carbocycles. The molecule has 25 heavy (non-hydrogen) atoms. The highest BCUT2D eigenvalue weighted by molar-refractivity contribution is 5.69. The predicted octanol–water partition coefficient (Wildman–Crippen LogP) is 3.16. The Hall–Kier alpha value is -1.59. The first kappa shape index (κ1) is 18.2. The van der Waals surface area contributed by atoms with Gasteiger partial charge in [-0.3, -0.25) is 9.80 Å². The molecule has 0 bridgehead atoms. The third-order valence-electron chi connectivity index (χ3n) is 4.82. The van der Waals surface area contributed by atoms with Gasteiger partial charge >= 0.3 is 6.09 Å². The normalized spacial score (nSPS) is 21.8. The van der Waals surface area contributed by atoms with E-state index in [1.165, 1.54) is 16.7 Å². The summed E-state index contributed by atoms with van der Waals surface area (Å²) in [4.78, 5) is 17.1. The SMILES string of the molecule is Cc1ccc2c(c1)CCN(C(=O)OC(C)(C)C)C2CN1CCOCC1. The van der Waals surface area contributed by atoms with E-state index in [9.17, 15) is 4.79 Å². The second-order valence-corrected chi connectivity index (χ2v) is 8.05. The Morgan fingerprint density at radius 2 is 1.96 bits per heavy atom. The number of amides is 1. The third kappa shape index (κ3) is 4.53. The van der Waals surface area contributed by atoms with Crippen molar-refractivity contribution >= 4 is 6.09 Å². The molecule has 1 atom stereocenters. The fraction of sp³-hybridized carbons (Fsp3) is 0.650. The fourth-order valence-electron chi connectivity index (χ4n) is 3.61. The van der Waals surface area contributed by atoms with E-state index in [0.29, 0.717) is 6.54 Å². The molecular formula is C20H30N2O3. The predicted molar refractivity (Wildman–Crippen MR) is 97.8 cm³/mol. The zero-order valence-corrected chi connectivity index (χ0v) is 15.9. The lowest BCUT2D eigenvalue weighted by Gasteiger charge is -2.41. The van der Waals surface area contributed by atoms with Gasteiger partial charge in [0.05, 0.1) is 19.3 Å². The van der Waals surface area contributed by atoms with Gasteiger partial charge in [-0.15, -0.1) is 0 Å². The minimum absolute atomic E-state index is 0.0392. The summed E-state index contributed by atoms with van der Waals surface area (Å²) in [6.45, 7) is 12.8. The number of ether oxygens (including phenoxy) is 2. The zero-order chi connectivity index (χ0) is 18.0. The van der Waals surface area contributed by atoms with Crippen molar-refractivity contribution < 1.29 is 14.3 Å². The number of benzene rings is 1. The van der Waals surface area contributed by atoms with Gasteiger partial charge in [0.25, 0.3) is 0 Å². The lowest BCUT2D eigenvalue weighted by molar-refractivity contribution is -0.00209. The van der Waals surface area contributed by atoms with Crippen LogP contribution in [0.1, 0.15) is 43.5 Å². The maximum absolute atomic E-state index is 12.8. The van der Waals surface area contributed by atoms with Crippen molar-refractivity contribution in [3.8, 4) is 0 Å². The largest absolute Gasteiger partial charge is 0.444 e. The first-order chi connectivity index (χ1) is 11.8. The molecule has 5 nitrogen and oxygen atoms in total. The van der Waals surface area contributed by atoms with Crippen LogP contribution >= 0.6 is 0 Å². The maximum Gasteiger partial charge on any atom is 0.410 e. The Morgan fingerprint density at radius 1 is 1.24 bits per heavy atom. The number of carbonyl (C=O) groups excluding carboxylic acids is 1. The molecule has 0 aliphatic carbocycles. The number of fused-ring (bicyclic) bond motifs is 1. The summed E-state index contributed by atoms with van der Waals surface area (Å²) in [5, 5.41) is 0. The monoisotopic (exact) mass is 346 g/mol. The number of nitrogens with zero attached hydrogens (tertiary/aromatic N) is 2. The van der Waals surface area contributed by atoms with E-state index < -0.39 is 5.60 Å². The van der Waals surface area contributed by atoms with Gasteiger partial charge in [-0.25, -0.2) is 4.79 Å². The first-order valence-electron chi connectivity index (χ1n) is 9.22. The molecule has 1 unspecified atom stereocenters. The van der Waals surface area contributed by atoms with E-state index in [0.717, 1.165) is 39.3 Å². The van der Waals surface area contributed by atoms with Crippen molar-refractivity contribution in [2.45, 2.75) is 45.8 Å². The van der Waals surface area contributed by atoms with Gasteiger partial charge in [0.1, 0.15) is 5.60 Å². The van der Waals surface area contributed by atoms with E-state index in [2.05, 4.69) is 30.0 Å². The van der Waals surface area contributed by atoms with Crippen molar-refractivity contribution in [3.63, 3.8) is 0 Å². The number of hydrogen-bond donors (Lipinski definition) is 0.